The molecule has 0 aliphatic carbocycles. The lowest BCUT2D eigenvalue weighted by Gasteiger charge is -1.75. The lowest BCUT2D eigenvalue weighted by Crippen LogP contribution is -1.80. The van der Waals surface area contributed by atoms with E-state index >= 15 is 0 Å². The van der Waals surface area contributed by atoms with Crippen molar-refractivity contribution in [1.82, 2.24) is 0 Å². The van der Waals surface area contributed by atoms with Gasteiger partial charge in [-0.15, -0.1) is 22.6 Å². The van der Waals surface area contributed by atoms with Crippen LogP contribution in [0.4, 0.5) is 0 Å². The first kappa shape index (κ1) is 5.26. The Kier molecular flexibility index (Phi) is 3.29. The van der Waals surface area contributed by atoms with Crippen LogP contribution in [0.25, 0.3) is 0 Å². The molecule has 2 heteroatoms. The van der Waals surface area contributed by atoms with Gasteiger partial charge in [0, 0.05) is 0 Å². The van der Waals surface area contributed by atoms with Crippen LogP contribution in [-0.2, 0) is 0 Å². The van der Waals surface area contributed by atoms with Gasteiger partial charge >= 0.3 is 0 Å². The maximum Gasteiger partial charge on any atom is 0.231 e. The largest absolute Gasteiger partial charge is 0.231 e. The molecule has 0 aromatic carbocycles. The summed E-state index contributed by atoms with van der Waals surface area (Å²) >= 11 is 3.74. The zero-order valence-corrected chi connectivity index (χ0v) is 7.11. The second-order valence-corrected chi connectivity index (χ2v) is 7.59. The molecule has 0 amide bonds. The summed E-state index contributed by atoms with van der Waals surface area (Å²) in [6.45, 7) is 2.22. The summed E-state index contributed by atoms with van der Waals surface area (Å²) in [5.41, 5.74) is 0. The van der Waals surface area contributed by atoms with Gasteiger partial charge in [-0.05, 0) is 2.79 Å². The third-order valence-electron chi connectivity index (χ3n) is 0. The molecule has 0 saturated carbocycles. The van der Waals surface area contributed by atoms with Gasteiger partial charge in [-0.3, -0.25) is 0 Å². The van der Waals surface area contributed by atoms with Gasteiger partial charge in [-0.1, -0.05) is 6.92 Å². The Hall–Kier alpha value is 1.26. The van der Waals surface area contributed by atoms with Crippen LogP contribution in [0.3, 0.4) is 0 Å². The fraction of sp³-hybridized carbons (Fsp3) is 1.00. The van der Waals surface area contributed by atoms with E-state index in [0.29, 0.717) is 0 Å². The molecule has 0 radical (unpaired) electrons. The van der Waals surface area contributed by atoms with E-state index in [4.69, 9.17) is 0 Å². The lowest BCUT2D eigenvalue weighted by atomic mass is 11.0. The van der Waals surface area contributed by atoms with Gasteiger partial charge in [-0.2, -0.15) is 0 Å². The molecule has 0 aliphatic heterocycles. The van der Waals surface area contributed by atoms with Crippen LogP contribution in [0, 0.1) is 0 Å². The highest BCUT2D eigenvalue weighted by Gasteiger charge is 1.73. The molecule has 0 aliphatic rings. The molecule has 24 valence electrons. The smallest absolute Gasteiger partial charge is 0.100 e. The van der Waals surface area contributed by atoms with Crippen molar-refractivity contribution in [3.05, 3.63) is 0 Å². The van der Waals surface area contributed by atoms with Crippen molar-refractivity contribution >= 4 is 38.9 Å². The standard InChI is InChI=1S/C2H4I.Al.2H/c1-2-3;;;/h2H,1H3;;;. The van der Waals surface area contributed by atoms with Crippen LogP contribution in [0.5, 0.6) is 0 Å². The number of hydrogen-bond donors (Lipinski definition) is 0. The van der Waals surface area contributed by atoms with E-state index in [-0.39, 0.29) is 0 Å². The van der Waals surface area contributed by atoms with E-state index in [1.54, 1.807) is 0 Å². The molecule has 0 fully saturated rings. The third kappa shape index (κ3) is 10.5. The topological polar surface area (TPSA) is 0 Å². The summed E-state index contributed by atoms with van der Waals surface area (Å²) in [4.78, 5) is 0. The Morgan fingerprint density at radius 1 is 2.00 bits per heavy atom. The van der Waals surface area contributed by atoms with Gasteiger partial charge in [-0.25, -0.2) is 0 Å². The van der Waals surface area contributed by atoms with Crippen LogP contribution in [0.15, 0.2) is 0 Å². The molecular weight excluding hydrogens is 178 g/mol. The minimum absolute atomic E-state index is 0.942. The van der Waals surface area contributed by atoms with E-state index in [9.17, 15) is 0 Å². The second kappa shape index (κ2) is 2.50. The molecule has 0 nitrogen and oxygen atoms in total. The number of hydrogen-bond acceptors (Lipinski definition) is 0. The highest BCUT2D eigenvalue weighted by molar-refractivity contribution is 14.1. The van der Waals surface area contributed by atoms with Crippen molar-refractivity contribution in [2.45, 2.75) is 9.71 Å². The summed E-state index contributed by atoms with van der Waals surface area (Å²) < 4.78 is 0.942. The minimum atomic E-state index is 0.942. The summed E-state index contributed by atoms with van der Waals surface area (Å²) in [5, 5.41) is 0. The molecule has 0 aromatic rings. The molecule has 0 spiro atoms. The maximum atomic E-state index is 2.41. The minimum Gasteiger partial charge on any atom is -0.100 e. The lowest BCUT2D eigenvalue weighted by molar-refractivity contribution is 1.46. The molecule has 0 rings (SSSR count). The Bertz CT molecular complexity index is 10.8. The SMILES string of the molecule is C[CH]([AlH2])I. The Labute approximate surface area is 48.5 Å². The van der Waals surface area contributed by atoms with Gasteiger partial charge in [0.05, 0.1) is 0 Å². The molecule has 0 aromatic heterocycles. The summed E-state index contributed by atoms with van der Waals surface area (Å²) in [6.07, 6.45) is 0. The first-order valence-corrected chi connectivity index (χ1v) is 3.77. The monoisotopic (exact) mass is 184 g/mol. The van der Waals surface area contributed by atoms with Crippen molar-refractivity contribution in [2.24, 2.45) is 0 Å². The van der Waals surface area contributed by atoms with Crippen LogP contribution in [-0.4, -0.2) is 19.1 Å². The molecule has 0 saturated heterocycles. The van der Waals surface area contributed by atoms with Gasteiger partial charge < -0.3 is 0 Å². The summed E-state index contributed by atoms with van der Waals surface area (Å²) in [5.74, 6) is 0. The Balaban J connectivity index is 2.32. The number of alkyl halides is 1. The van der Waals surface area contributed by atoms with E-state index < -0.39 is 0 Å². The fourth-order valence-electron chi connectivity index (χ4n) is 0. The van der Waals surface area contributed by atoms with Crippen LogP contribution in [0.2, 0.25) is 0 Å². The first-order valence-electron chi connectivity index (χ1n) is 1.37. The number of halogens is 1. The molecule has 0 N–H and O–H groups in total. The summed E-state index contributed by atoms with van der Waals surface area (Å²) in [6, 6.07) is 0. The molecule has 4 heavy (non-hydrogen) atoms. The van der Waals surface area contributed by atoms with Gasteiger partial charge in [0.15, 0.2) is 0 Å². The predicted molar refractivity (Wildman–Crippen MR) is 32.0 cm³/mol. The van der Waals surface area contributed by atoms with Crippen molar-refractivity contribution in [1.29, 1.82) is 0 Å². The highest BCUT2D eigenvalue weighted by Crippen LogP contribution is 1.86. The van der Waals surface area contributed by atoms with Crippen molar-refractivity contribution in [3.63, 3.8) is 0 Å². The van der Waals surface area contributed by atoms with Gasteiger partial charge in [0.2, 0.25) is 16.3 Å². The molecular formula is C2H6AlI. The maximum absolute atomic E-state index is 2.41. The van der Waals surface area contributed by atoms with E-state index in [1.807, 2.05) is 0 Å². The van der Waals surface area contributed by atoms with Crippen LogP contribution in [0.1, 0.15) is 6.92 Å². The zero-order valence-electron chi connectivity index (χ0n) is 2.96. The van der Waals surface area contributed by atoms with Crippen molar-refractivity contribution in [3.8, 4) is 0 Å². The van der Waals surface area contributed by atoms with E-state index in [2.05, 4.69) is 29.5 Å². The Morgan fingerprint density at radius 3 is 2.00 bits per heavy atom. The average Bonchev–Trinajstić information content (AvgIpc) is 0.811. The molecule has 1 unspecified atom stereocenters. The zero-order chi connectivity index (χ0) is 3.58. The Morgan fingerprint density at radius 2 is 2.00 bits per heavy atom. The molecule has 0 heterocycles. The normalized spacial score (nSPS) is 15.5. The first-order chi connectivity index (χ1) is 1.73. The van der Waals surface area contributed by atoms with E-state index in [1.165, 1.54) is 16.3 Å². The third-order valence-corrected chi connectivity index (χ3v) is 0. The van der Waals surface area contributed by atoms with Gasteiger partial charge in [0.25, 0.3) is 0 Å². The number of rotatable bonds is 0. The van der Waals surface area contributed by atoms with Crippen LogP contribution < -0.4 is 0 Å². The molecule has 0 bridgehead atoms. The van der Waals surface area contributed by atoms with Crippen molar-refractivity contribution < 1.29 is 0 Å². The average molecular weight is 184 g/mol. The van der Waals surface area contributed by atoms with E-state index in [0.717, 1.165) is 2.79 Å². The quantitative estimate of drug-likeness (QED) is 0.290. The predicted octanol–water partition coefficient (Wildman–Crippen LogP) is 0.400. The highest BCUT2D eigenvalue weighted by atomic mass is 127. The van der Waals surface area contributed by atoms with Crippen LogP contribution >= 0.6 is 22.6 Å². The fourth-order valence-corrected chi connectivity index (χ4v) is 0. The second-order valence-electron chi connectivity index (χ2n) is 1.01. The van der Waals surface area contributed by atoms with Gasteiger partial charge in [0.1, 0.15) is 0 Å². The summed E-state index contributed by atoms with van der Waals surface area (Å²) in [7, 11) is 0. The molecule has 1 atom stereocenters. The van der Waals surface area contributed by atoms with Crippen molar-refractivity contribution in [2.75, 3.05) is 0 Å².